The summed E-state index contributed by atoms with van der Waals surface area (Å²) in [5.41, 5.74) is 1.71. The molecule has 2 heterocycles. The van der Waals surface area contributed by atoms with Gasteiger partial charge in [-0.15, -0.1) is 0 Å². The van der Waals surface area contributed by atoms with E-state index in [4.69, 9.17) is 4.42 Å². The number of carbonyl (C=O) groups is 2. The molecule has 2 N–H and O–H groups in total. The molecule has 0 atom stereocenters. The van der Waals surface area contributed by atoms with Gasteiger partial charge in [-0.05, 0) is 23.8 Å². The van der Waals surface area contributed by atoms with Gasteiger partial charge < -0.3 is 15.1 Å². The first-order valence-electron chi connectivity index (χ1n) is 6.14. The molecule has 0 radical (unpaired) electrons. The minimum absolute atomic E-state index is 0.0271. The van der Waals surface area contributed by atoms with E-state index >= 15 is 0 Å². The van der Waals surface area contributed by atoms with Crippen LogP contribution in [0.4, 0.5) is 0 Å². The average Bonchev–Trinajstić information content (AvgIpc) is 2.97. The van der Waals surface area contributed by atoms with Crippen LogP contribution >= 0.6 is 0 Å². The third-order valence-corrected chi connectivity index (χ3v) is 2.59. The fourth-order valence-corrected chi connectivity index (χ4v) is 1.63. The van der Waals surface area contributed by atoms with E-state index in [1.807, 2.05) is 12.1 Å². The van der Waals surface area contributed by atoms with Crippen molar-refractivity contribution in [2.75, 3.05) is 6.54 Å². The number of hydrogen-bond donors (Lipinski definition) is 2. The molecule has 6 heteroatoms. The molecule has 0 saturated heterocycles. The smallest absolute Gasteiger partial charge is 0.239 e. The normalized spacial score (nSPS) is 10.1. The van der Waals surface area contributed by atoms with Gasteiger partial charge in [0.05, 0.1) is 12.8 Å². The number of furan rings is 1. The van der Waals surface area contributed by atoms with Crippen molar-refractivity contribution in [2.45, 2.75) is 13.5 Å². The highest BCUT2D eigenvalue weighted by atomic mass is 16.3. The Balaban J connectivity index is 1.92. The second-order valence-electron chi connectivity index (χ2n) is 4.25. The fourth-order valence-electron chi connectivity index (χ4n) is 1.63. The first-order valence-corrected chi connectivity index (χ1v) is 6.14. The van der Waals surface area contributed by atoms with Crippen molar-refractivity contribution >= 4 is 11.8 Å². The fraction of sp³-hybridized carbons (Fsp3) is 0.214. The lowest BCUT2D eigenvalue weighted by molar-refractivity contribution is -0.125. The third kappa shape index (κ3) is 3.94. The first-order chi connectivity index (χ1) is 9.65. The lowest BCUT2D eigenvalue weighted by Gasteiger charge is -2.06. The van der Waals surface area contributed by atoms with Crippen LogP contribution in [-0.2, 0) is 16.1 Å². The van der Waals surface area contributed by atoms with Crippen LogP contribution < -0.4 is 10.6 Å². The van der Waals surface area contributed by atoms with Crippen molar-refractivity contribution in [3.05, 3.63) is 42.4 Å². The van der Waals surface area contributed by atoms with E-state index in [2.05, 4.69) is 15.6 Å². The molecule has 2 rings (SSSR count). The zero-order valence-corrected chi connectivity index (χ0v) is 11.1. The number of hydrogen-bond acceptors (Lipinski definition) is 4. The topological polar surface area (TPSA) is 84.2 Å². The Hall–Kier alpha value is -2.63. The summed E-state index contributed by atoms with van der Waals surface area (Å²) in [4.78, 5) is 26.3. The van der Waals surface area contributed by atoms with Gasteiger partial charge in [-0.1, -0.05) is 0 Å². The Labute approximate surface area is 116 Å². The minimum Gasteiger partial charge on any atom is -0.464 e. The molecule has 2 amide bonds. The molecule has 2 aromatic rings. The summed E-state index contributed by atoms with van der Waals surface area (Å²) < 4.78 is 5.29. The minimum atomic E-state index is -0.247. The van der Waals surface area contributed by atoms with Crippen LogP contribution in [0.2, 0.25) is 0 Å². The van der Waals surface area contributed by atoms with Crippen LogP contribution in [-0.4, -0.2) is 23.3 Å². The Morgan fingerprint density at radius 2 is 2.15 bits per heavy atom. The van der Waals surface area contributed by atoms with Gasteiger partial charge in [0.25, 0.3) is 0 Å². The number of rotatable bonds is 5. The van der Waals surface area contributed by atoms with Crippen molar-refractivity contribution in [3.8, 4) is 11.3 Å². The molecule has 0 spiro atoms. The zero-order valence-electron chi connectivity index (χ0n) is 11.1. The molecule has 0 aliphatic carbocycles. The van der Waals surface area contributed by atoms with Crippen LogP contribution in [0.3, 0.4) is 0 Å². The van der Waals surface area contributed by atoms with E-state index < -0.39 is 0 Å². The van der Waals surface area contributed by atoms with Gasteiger partial charge >= 0.3 is 0 Å². The molecule has 20 heavy (non-hydrogen) atoms. The highest BCUT2D eigenvalue weighted by molar-refractivity contribution is 5.83. The Morgan fingerprint density at radius 1 is 1.30 bits per heavy atom. The molecule has 0 aromatic carbocycles. The molecule has 0 saturated carbocycles. The quantitative estimate of drug-likeness (QED) is 0.854. The maximum absolute atomic E-state index is 11.5. The maximum atomic E-state index is 11.5. The van der Waals surface area contributed by atoms with Crippen LogP contribution in [0.25, 0.3) is 11.3 Å². The number of carbonyl (C=O) groups excluding carboxylic acids is 2. The van der Waals surface area contributed by atoms with Gasteiger partial charge in [0.1, 0.15) is 5.76 Å². The second kappa shape index (κ2) is 6.51. The van der Waals surface area contributed by atoms with Crippen LogP contribution in [0.5, 0.6) is 0 Å². The van der Waals surface area contributed by atoms with Crippen molar-refractivity contribution in [1.82, 2.24) is 15.6 Å². The summed E-state index contributed by atoms with van der Waals surface area (Å²) >= 11 is 0. The van der Waals surface area contributed by atoms with Gasteiger partial charge in [-0.25, -0.2) is 0 Å². The maximum Gasteiger partial charge on any atom is 0.239 e. The molecule has 0 bridgehead atoms. The van der Waals surface area contributed by atoms with Gasteiger partial charge in [0.15, 0.2) is 0 Å². The lowest BCUT2D eigenvalue weighted by Crippen LogP contribution is -2.35. The van der Waals surface area contributed by atoms with Crippen LogP contribution in [0, 0.1) is 0 Å². The molecule has 104 valence electrons. The van der Waals surface area contributed by atoms with E-state index in [9.17, 15) is 9.59 Å². The summed E-state index contributed by atoms with van der Waals surface area (Å²) in [6, 6.07) is 5.54. The van der Waals surface area contributed by atoms with Gasteiger partial charge in [0.2, 0.25) is 11.8 Å². The Bertz CT molecular complexity index is 593. The number of aromatic nitrogens is 1. The zero-order chi connectivity index (χ0) is 14.4. The van der Waals surface area contributed by atoms with E-state index in [1.165, 1.54) is 6.92 Å². The number of nitrogens with one attached hydrogen (secondary N) is 2. The Morgan fingerprint density at radius 3 is 2.85 bits per heavy atom. The number of nitrogens with zero attached hydrogens (tertiary/aromatic N) is 1. The number of amides is 2. The summed E-state index contributed by atoms with van der Waals surface area (Å²) in [5, 5.41) is 5.14. The SMILES string of the molecule is CC(=O)NCC(=O)NCc1cncc(-c2ccco2)c1. The van der Waals surface area contributed by atoms with Gasteiger partial charge in [-0.3, -0.25) is 14.6 Å². The molecule has 0 aliphatic rings. The molecule has 6 nitrogen and oxygen atoms in total. The highest BCUT2D eigenvalue weighted by Gasteiger charge is 2.05. The van der Waals surface area contributed by atoms with Crippen LogP contribution in [0.15, 0.2) is 41.3 Å². The third-order valence-electron chi connectivity index (χ3n) is 2.59. The van der Waals surface area contributed by atoms with Crippen LogP contribution in [0.1, 0.15) is 12.5 Å². The molecule has 0 aliphatic heterocycles. The van der Waals surface area contributed by atoms with Gasteiger partial charge in [-0.2, -0.15) is 0 Å². The summed E-state index contributed by atoms with van der Waals surface area (Å²) in [7, 11) is 0. The largest absolute Gasteiger partial charge is 0.464 e. The van der Waals surface area contributed by atoms with Crippen molar-refractivity contribution in [1.29, 1.82) is 0 Å². The van der Waals surface area contributed by atoms with E-state index in [1.54, 1.807) is 24.7 Å². The van der Waals surface area contributed by atoms with E-state index in [0.717, 1.165) is 16.9 Å². The second-order valence-corrected chi connectivity index (χ2v) is 4.25. The summed E-state index contributed by atoms with van der Waals surface area (Å²) in [6.07, 6.45) is 4.96. The average molecular weight is 273 g/mol. The standard InChI is InChI=1S/C14H15N3O3/c1-10(18)16-9-14(19)17-7-11-5-12(8-15-6-11)13-3-2-4-20-13/h2-6,8H,7,9H2,1H3,(H,16,18)(H,17,19). The molecular weight excluding hydrogens is 258 g/mol. The van der Waals surface area contributed by atoms with Crippen molar-refractivity contribution in [3.63, 3.8) is 0 Å². The molecule has 0 fully saturated rings. The molecular formula is C14H15N3O3. The monoisotopic (exact) mass is 273 g/mol. The Kier molecular flexibility index (Phi) is 4.49. The van der Waals surface area contributed by atoms with Gasteiger partial charge in [0, 0.05) is 31.4 Å². The first kappa shape index (κ1) is 13.8. The van der Waals surface area contributed by atoms with Crippen molar-refractivity contribution < 1.29 is 14.0 Å². The van der Waals surface area contributed by atoms with E-state index in [-0.39, 0.29) is 18.4 Å². The van der Waals surface area contributed by atoms with E-state index in [0.29, 0.717) is 6.54 Å². The number of pyridine rings is 1. The lowest BCUT2D eigenvalue weighted by atomic mass is 10.1. The highest BCUT2D eigenvalue weighted by Crippen LogP contribution is 2.19. The van der Waals surface area contributed by atoms with Crippen molar-refractivity contribution in [2.24, 2.45) is 0 Å². The summed E-state index contributed by atoms with van der Waals surface area (Å²) in [5.74, 6) is 0.245. The predicted octanol–water partition coefficient (Wildman–Crippen LogP) is 1.09. The molecule has 0 unspecified atom stereocenters. The predicted molar refractivity (Wildman–Crippen MR) is 72.5 cm³/mol. The summed E-state index contributed by atoms with van der Waals surface area (Å²) in [6.45, 7) is 1.69. The molecule has 2 aromatic heterocycles.